The van der Waals surface area contributed by atoms with Crippen LogP contribution in [0.4, 0.5) is 13.2 Å². The zero-order chi connectivity index (χ0) is 18.7. The van der Waals surface area contributed by atoms with Gasteiger partial charge in [0.1, 0.15) is 0 Å². The summed E-state index contributed by atoms with van der Waals surface area (Å²) in [4.78, 5) is 23.8. The summed E-state index contributed by atoms with van der Waals surface area (Å²) in [6.07, 6.45) is -4.42. The van der Waals surface area contributed by atoms with E-state index in [1.165, 1.54) is 16.7 Å². The number of halogens is 3. The highest BCUT2D eigenvalue weighted by atomic mass is 19.4. The van der Waals surface area contributed by atoms with E-state index < -0.39 is 17.5 Å². The standard InChI is InChI=1S/C18H15F3N2O3/c19-18(20,21)13-5-3-4-12(10-13)11-22-16(24)8-9-23-14-6-1-2-7-15(14)26-17(23)25/h1-7,10H,8-9,11H2,(H,22,24). The topological polar surface area (TPSA) is 64.2 Å². The van der Waals surface area contributed by atoms with Crippen LogP contribution in [0.15, 0.2) is 57.7 Å². The van der Waals surface area contributed by atoms with Crippen LogP contribution in [-0.2, 0) is 24.1 Å². The van der Waals surface area contributed by atoms with Crippen molar-refractivity contribution in [1.82, 2.24) is 9.88 Å². The molecule has 0 unspecified atom stereocenters. The number of oxazole rings is 1. The van der Waals surface area contributed by atoms with Crippen molar-refractivity contribution in [1.29, 1.82) is 0 Å². The van der Waals surface area contributed by atoms with E-state index in [1.54, 1.807) is 24.3 Å². The van der Waals surface area contributed by atoms with Crippen LogP contribution in [0.3, 0.4) is 0 Å². The second-order valence-electron chi connectivity index (χ2n) is 5.71. The van der Waals surface area contributed by atoms with Crippen molar-refractivity contribution in [3.63, 3.8) is 0 Å². The summed E-state index contributed by atoms with van der Waals surface area (Å²) in [5.74, 6) is -0.934. The van der Waals surface area contributed by atoms with E-state index in [-0.39, 0.29) is 25.4 Å². The Hall–Kier alpha value is -3.03. The fourth-order valence-corrected chi connectivity index (χ4v) is 2.59. The van der Waals surface area contributed by atoms with Gasteiger partial charge in [-0.1, -0.05) is 24.3 Å². The third-order valence-electron chi connectivity index (χ3n) is 3.88. The van der Waals surface area contributed by atoms with Gasteiger partial charge in [0.2, 0.25) is 5.91 Å². The number of nitrogens with zero attached hydrogens (tertiary/aromatic N) is 1. The molecule has 8 heteroatoms. The largest absolute Gasteiger partial charge is 0.419 e. The molecule has 0 atom stereocenters. The van der Waals surface area contributed by atoms with Crippen LogP contribution >= 0.6 is 0 Å². The third kappa shape index (κ3) is 3.96. The van der Waals surface area contributed by atoms with Gasteiger partial charge in [-0.05, 0) is 29.8 Å². The molecule has 1 N–H and O–H groups in total. The van der Waals surface area contributed by atoms with E-state index in [2.05, 4.69) is 5.32 Å². The maximum absolute atomic E-state index is 12.7. The zero-order valence-electron chi connectivity index (χ0n) is 13.5. The molecule has 5 nitrogen and oxygen atoms in total. The molecule has 0 fully saturated rings. The number of carbonyl (C=O) groups excluding carboxylic acids is 1. The van der Waals surface area contributed by atoms with Crippen molar-refractivity contribution in [2.75, 3.05) is 0 Å². The van der Waals surface area contributed by atoms with Crippen LogP contribution in [0.5, 0.6) is 0 Å². The van der Waals surface area contributed by atoms with Crippen LogP contribution in [0, 0.1) is 0 Å². The molecule has 3 aromatic rings. The number of hydrogen-bond acceptors (Lipinski definition) is 3. The summed E-state index contributed by atoms with van der Waals surface area (Å²) in [6.45, 7) is 0.0913. The lowest BCUT2D eigenvalue weighted by molar-refractivity contribution is -0.137. The lowest BCUT2D eigenvalue weighted by Gasteiger charge is -2.10. The van der Waals surface area contributed by atoms with Crippen molar-refractivity contribution in [3.8, 4) is 0 Å². The molecule has 0 saturated carbocycles. The molecule has 26 heavy (non-hydrogen) atoms. The van der Waals surface area contributed by atoms with Gasteiger partial charge >= 0.3 is 11.9 Å². The number of aromatic nitrogens is 1. The van der Waals surface area contributed by atoms with Crippen molar-refractivity contribution in [3.05, 3.63) is 70.2 Å². The highest BCUT2D eigenvalue weighted by molar-refractivity contribution is 5.76. The van der Waals surface area contributed by atoms with E-state index >= 15 is 0 Å². The minimum Gasteiger partial charge on any atom is -0.408 e. The maximum atomic E-state index is 12.7. The molecule has 0 aliphatic carbocycles. The first-order valence-corrected chi connectivity index (χ1v) is 7.86. The fraction of sp³-hybridized carbons (Fsp3) is 0.222. The zero-order valence-corrected chi connectivity index (χ0v) is 13.5. The van der Waals surface area contributed by atoms with Gasteiger partial charge in [0.15, 0.2) is 5.58 Å². The molecule has 0 radical (unpaired) electrons. The van der Waals surface area contributed by atoms with Gasteiger partial charge in [-0.25, -0.2) is 4.79 Å². The minimum atomic E-state index is -4.43. The number of fused-ring (bicyclic) bond motifs is 1. The first-order chi connectivity index (χ1) is 12.3. The van der Waals surface area contributed by atoms with Gasteiger partial charge in [-0.3, -0.25) is 9.36 Å². The van der Waals surface area contributed by atoms with Gasteiger partial charge in [-0.15, -0.1) is 0 Å². The monoisotopic (exact) mass is 364 g/mol. The number of benzene rings is 2. The van der Waals surface area contributed by atoms with Crippen molar-refractivity contribution in [2.45, 2.75) is 25.7 Å². The van der Waals surface area contributed by atoms with E-state index in [0.717, 1.165) is 12.1 Å². The third-order valence-corrected chi connectivity index (χ3v) is 3.88. The van der Waals surface area contributed by atoms with E-state index in [9.17, 15) is 22.8 Å². The Morgan fingerprint density at radius 1 is 1.12 bits per heavy atom. The average molecular weight is 364 g/mol. The SMILES string of the molecule is O=C(CCn1c(=O)oc2ccccc21)NCc1cccc(C(F)(F)F)c1. The molecule has 0 saturated heterocycles. The summed E-state index contributed by atoms with van der Waals surface area (Å²) in [6, 6.07) is 11.6. The first-order valence-electron chi connectivity index (χ1n) is 7.86. The molecule has 2 aromatic carbocycles. The number of nitrogens with one attached hydrogen (secondary N) is 1. The number of carbonyl (C=O) groups is 1. The number of rotatable bonds is 5. The van der Waals surface area contributed by atoms with Crippen LogP contribution in [0.1, 0.15) is 17.5 Å². The number of para-hydroxylation sites is 2. The Bertz CT molecular complexity index is 989. The normalized spacial score (nSPS) is 11.7. The van der Waals surface area contributed by atoms with Gasteiger partial charge in [0.25, 0.3) is 0 Å². The summed E-state index contributed by atoms with van der Waals surface area (Å²) in [5.41, 5.74) is 0.602. The van der Waals surface area contributed by atoms with Crippen LogP contribution in [0.25, 0.3) is 11.1 Å². The Morgan fingerprint density at radius 3 is 2.65 bits per heavy atom. The molecule has 0 aliphatic rings. The maximum Gasteiger partial charge on any atom is 0.419 e. The molecule has 0 aliphatic heterocycles. The summed E-state index contributed by atoms with van der Waals surface area (Å²) < 4.78 is 44.5. The molecule has 1 amide bonds. The Balaban J connectivity index is 1.60. The molecule has 0 bridgehead atoms. The van der Waals surface area contributed by atoms with Gasteiger partial charge in [-0.2, -0.15) is 13.2 Å². The lowest BCUT2D eigenvalue weighted by Crippen LogP contribution is -2.26. The summed E-state index contributed by atoms with van der Waals surface area (Å²) >= 11 is 0. The van der Waals surface area contributed by atoms with Gasteiger partial charge in [0, 0.05) is 19.5 Å². The molecular formula is C18H15F3N2O3. The fourth-order valence-electron chi connectivity index (χ4n) is 2.59. The average Bonchev–Trinajstić information content (AvgIpc) is 2.93. The van der Waals surface area contributed by atoms with E-state index in [1.807, 2.05) is 0 Å². The highest BCUT2D eigenvalue weighted by Gasteiger charge is 2.30. The number of hydrogen-bond donors (Lipinski definition) is 1. The predicted molar refractivity (Wildman–Crippen MR) is 88.4 cm³/mol. The molecule has 0 spiro atoms. The predicted octanol–water partition coefficient (Wildman–Crippen LogP) is 3.32. The minimum absolute atomic E-state index is 0.00238. The van der Waals surface area contributed by atoms with Gasteiger partial charge < -0.3 is 9.73 Å². The first kappa shape index (κ1) is 17.8. The second-order valence-corrected chi connectivity index (χ2v) is 5.71. The molecule has 1 aromatic heterocycles. The Kier molecular flexibility index (Phi) is 4.83. The molecule has 136 valence electrons. The van der Waals surface area contributed by atoms with Crippen molar-refractivity contribution < 1.29 is 22.4 Å². The van der Waals surface area contributed by atoms with Crippen LogP contribution in [0.2, 0.25) is 0 Å². The van der Waals surface area contributed by atoms with Gasteiger partial charge in [0.05, 0.1) is 11.1 Å². The van der Waals surface area contributed by atoms with E-state index in [0.29, 0.717) is 16.7 Å². The molecule has 1 heterocycles. The number of alkyl halides is 3. The Labute approximate surface area is 146 Å². The number of aryl methyl sites for hydroxylation is 1. The van der Waals surface area contributed by atoms with Crippen LogP contribution < -0.4 is 11.1 Å². The smallest absolute Gasteiger partial charge is 0.408 e. The Morgan fingerprint density at radius 2 is 1.88 bits per heavy atom. The van der Waals surface area contributed by atoms with Crippen molar-refractivity contribution in [2.24, 2.45) is 0 Å². The molecule has 3 rings (SSSR count). The van der Waals surface area contributed by atoms with Crippen LogP contribution in [-0.4, -0.2) is 10.5 Å². The summed E-state index contributed by atoms with van der Waals surface area (Å²) in [5, 5.41) is 2.56. The second kappa shape index (κ2) is 7.07. The van der Waals surface area contributed by atoms with E-state index in [4.69, 9.17) is 4.42 Å². The highest BCUT2D eigenvalue weighted by Crippen LogP contribution is 2.29. The quantitative estimate of drug-likeness (QED) is 0.755. The lowest BCUT2D eigenvalue weighted by atomic mass is 10.1. The summed E-state index contributed by atoms with van der Waals surface area (Å²) in [7, 11) is 0. The van der Waals surface area contributed by atoms with Crippen molar-refractivity contribution >= 4 is 17.0 Å². The number of amides is 1. The molecular weight excluding hydrogens is 349 g/mol.